The van der Waals surface area contributed by atoms with Crippen molar-refractivity contribution in [3.63, 3.8) is 0 Å². The van der Waals surface area contributed by atoms with E-state index in [1.165, 1.54) is 11.3 Å². The first-order valence-corrected chi connectivity index (χ1v) is 9.22. The normalized spacial score (nSPS) is 11.8. The Hall–Kier alpha value is -0.480. The van der Waals surface area contributed by atoms with Crippen LogP contribution in [-0.4, -0.2) is 8.42 Å². The summed E-state index contributed by atoms with van der Waals surface area (Å²) in [5.74, 6) is -0.670. The number of nitrogens with one attached hydrogen (secondary N) is 1. The molecule has 0 saturated heterocycles. The van der Waals surface area contributed by atoms with Gasteiger partial charge >= 0.3 is 0 Å². The molecule has 0 spiro atoms. The first-order chi connectivity index (χ1) is 9.31. The van der Waals surface area contributed by atoms with Crippen LogP contribution in [0.2, 0.25) is 0 Å². The Kier molecular flexibility index (Phi) is 4.85. The number of halogens is 3. The molecule has 0 amide bonds. The predicted molar refractivity (Wildman–Crippen MR) is 84.6 cm³/mol. The van der Waals surface area contributed by atoms with E-state index < -0.39 is 15.8 Å². The standard InChI is InChI=1S/C11H9Br2FN2O2S2/c12-6-1-2-19-10(6)5-16-20(17,18)11-4-9(15)8(14)3-7(11)13/h1-4,16H,5,15H2. The third kappa shape index (κ3) is 3.40. The van der Waals surface area contributed by atoms with E-state index in [1.54, 1.807) is 0 Å². The van der Waals surface area contributed by atoms with Gasteiger partial charge in [0.05, 0.1) is 10.6 Å². The van der Waals surface area contributed by atoms with Crippen LogP contribution >= 0.6 is 43.2 Å². The summed E-state index contributed by atoms with van der Waals surface area (Å²) < 4.78 is 41.0. The van der Waals surface area contributed by atoms with Gasteiger partial charge in [0.15, 0.2) is 0 Å². The fraction of sp³-hybridized carbons (Fsp3) is 0.0909. The number of nitrogen functional groups attached to an aromatic ring is 1. The first-order valence-electron chi connectivity index (χ1n) is 5.27. The van der Waals surface area contributed by atoms with E-state index in [1.807, 2.05) is 11.4 Å². The van der Waals surface area contributed by atoms with Gasteiger partial charge in [-0.3, -0.25) is 0 Å². The lowest BCUT2D eigenvalue weighted by Gasteiger charge is -2.09. The number of rotatable bonds is 4. The van der Waals surface area contributed by atoms with Crippen molar-refractivity contribution in [1.82, 2.24) is 4.72 Å². The third-order valence-corrected chi connectivity index (χ3v) is 6.74. The van der Waals surface area contributed by atoms with Gasteiger partial charge in [0.2, 0.25) is 10.0 Å². The topological polar surface area (TPSA) is 72.2 Å². The fourth-order valence-corrected chi connectivity index (χ4v) is 5.01. The molecule has 108 valence electrons. The Balaban J connectivity index is 2.27. The van der Waals surface area contributed by atoms with Gasteiger partial charge in [0.25, 0.3) is 0 Å². The molecule has 0 saturated carbocycles. The monoisotopic (exact) mass is 442 g/mol. The van der Waals surface area contributed by atoms with Gasteiger partial charge in [-0.2, -0.15) is 0 Å². The largest absolute Gasteiger partial charge is 0.396 e. The first kappa shape index (κ1) is 15.9. The van der Waals surface area contributed by atoms with E-state index in [-0.39, 0.29) is 21.6 Å². The second-order valence-electron chi connectivity index (χ2n) is 3.82. The number of benzene rings is 1. The lowest BCUT2D eigenvalue weighted by molar-refractivity contribution is 0.580. The second kappa shape index (κ2) is 6.10. The Labute approximate surface area is 136 Å². The molecule has 1 heterocycles. The van der Waals surface area contributed by atoms with Crippen molar-refractivity contribution in [2.45, 2.75) is 11.4 Å². The summed E-state index contributed by atoms with van der Waals surface area (Å²) in [5, 5.41) is 1.85. The molecule has 20 heavy (non-hydrogen) atoms. The highest BCUT2D eigenvalue weighted by Gasteiger charge is 2.20. The molecule has 9 heteroatoms. The maximum absolute atomic E-state index is 13.2. The zero-order chi connectivity index (χ0) is 14.9. The molecule has 1 aromatic heterocycles. The Morgan fingerprint density at radius 3 is 2.60 bits per heavy atom. The summed E-state index contributed by atoms with van der Waals surface area (Å²) in [4.78, 5) is 0.754. The fourth-order valence-electron chi connectivity index (χ4n) is 1.44. The smallest absolute Gasteiger partial charge is 0.242 e. The zero-order valence-corrected chi connectivity index (χ0v) is 14.7. The summed E-state index contributed by atoms with van der Waals surface area (Å²) in [7, 11) is -3.78. The van der Waals surface area contributed by atoms with E-state index >= 15 is 0 Å². The number of hydrogen-bond acceptors (Lipinski definition) is 4. The van der Waals surface area contributed by atoms with Gasteiger partial charge in [-0.1, -0.05) is 0 Å². The molecule has 0 fully saturated rings. The van der Waals surface area contributed by atoms with Crippen LogP contribution in [0.3, 0.4) is 0 Å². The van der Waals surface area contributed by atoms with Crippen molar-refractivity contribution in [3.8, 4) is 0 Å². The summed E-state index contributed by atoms with van der Waals surface area (Å²) in [5.41, 5.74) is 5.19. The lowest BCUT2D eigenvalue weighted by atomic mass is 10.3. The molecule has 0 radical (unpaired) electrons. The quantitative estimate of drug-likeness (QED) is 0.710. The van der Waals surface area contributed by atoms with E-state index in [0.717, 1.165) is 21.5 Å². The molecule has 1 aromatic carbocycles. The van der Waals surface area contributed by atoms with Crippen LogP contribution in [0.5, 0.6) is 0 Å². The minimum absolute atomic E-state index is 0.0934. The SMILES string of the molecule is Nc1cc(S(=O)(=O)NCc2sccc2Br)c(Br)cc1F. The summed E-state index contributed by atoms with van der Waals surface area (Å²) in [6.07, 6.45) is 0. The molecule has 0 aliphatic rings. The van der Waals surface area contributed by atoms with E-state index in [0.29, 0.717) is 0 Å². The second-order valence-corrected chi connectivity index (χ2v) is 8.27. The highest BCUT2D eigenvalue weighted by Crippen LogP contribution is 2.28. The average Bonchev–Trinajstić information content (AvgIpc) is 2.77. The van der Waals surface area contributed by atoms with E-state index in [2.05, 4.69) is 36.6 Å². The Bertz CT molecular complexity index is 747. The molecule has 2 rings (SSSR count). The molecule has 0 aliphatic carbocycles. The van der Waals surface area contributed by atoms with Crippen molar-refractivity contribution in [1.29, 1.82) is 0 Å². The van der Waals surface area contributed by atoms with Crippen LogP contribution in [0.1, 0.15) is 4.88 Å². The third-order valence-electron chi connectivity index (χ3n) is 2.45. The van der Waals surface area contributed by atoms with E-state index in [9.17, 15) is 12.8 Å². The lowest BCUT2D eigenvalue weighted by Crippen LogP contribution is -2.23. The van der Waals surface area contributed by atoms with Crippen molar-refractivity contribution >= 4 is 58.9 Å². The van der Waals surface area contributed by atoms with Crippen LogP contribution in [0.4, 0.5) is 10.1 Å². The Morgan fingerprint density at radius 1 is 1.30 bits per heavy atom. The van der Waals surface area contributed by atoms with Crippen LogP contribution in [0, 0.1) is 5.82 Å². The number of thiophene rings is 1. The van der Waals surface area contributed by atoms with Gasteiger partial charge < -0.3 is 5.73 Å². The molecule has 0 aliphatic heterocycles. The molecule has 4 nitrogen and oxygen atoms in total. The van der Waals surface area contributed by atoms with Gasteiger partial charge in [0.1, 0.15) is 5.82 Å². The summed E-state index contributed by atoms with van der Waals surface area (Å²) >= 11 is 7.78. The van der Waals surface area contributed by atoms with E-state index in [4.69, 9.17) is 5.73 Å². The van der Waals surface area contributed by atoms with Gasteiger partial charge in [-0.25, -0.2) is 17.5 Å². The molecule has 0 bridgehead atoms. The molecule has 0 atom stereocenters. The molecular formula is C11H9Br2FN2O2S2. The molecular weight excluding hydrogens is 435 g/mol. The van der Waals surface area contributed by atoms with Crippen LogP contribution in [-0.2, 0) is 16.6 Å². The summed E-state index contributed by atoms with van der Waals surface area (Å²) in [6.45, 7) is 0.143. The molecule has 2 aromatic rings. The molecule has 0 unspecified atom stereocenters. The van der Waals surface area contributed by atoms with Crippen LogP contribution in [0.25, 0.3) is 0 Å². The van der Waals surface area contributed by atoms with Crippen molar-refractivity contribution in [3.05, 3.63) is 43.2 Å². The van der Waals surface area contributed by atoms with Crippen molar-refractivity contribution in [2.24, 2.45) is 0 Å². The van der Waals surface area contributed by atoms with Crippen LogP contribution in [0.15, 0.2) is 37.4 Å². The average molecular weight is 444 g/mol. The van der Waals surface area contributed by atoms with Gasteiger partial charge in [-0.15, -0.1) is 11.3 Å². The van der Waals surface area contributed by atoms with Crippen molar-refractivity contribution < 1.29 is 12.8 Å². The minimum Gasteiger partial charge on any atom is -0.396 e. The van der Waals surface area contributed by atoms with Crippen molar-refractivity contribution in [2.75, 3.05) is 5.73 Å². The zero-order valence-electron chi connectivity index (χ0n) is 9.86. The van der Waals surface area contributed by atoms with Gasteiger partial charge in [0, 0.05) is 20.4 Å². The van der Waals surface area contributed by atoms with Crippen LogP contribution < -0.4 is 10.5 Å². The highest BCUT2D eigenvalue weighted by molar-refractivity contribution is 9.10. The maximum Gasteiger partial charge on any atom is 0.242 e. The molecule has 3 N–H and O–H groups in total. The summed E-state index contributed by atoms with van der Waals surface area (Å²) in [6, 6.07) is 3.95. The highest BCUT2D eigenvalue weighted by atomic mass is 79.9. The Morgan fingerprint density at radius 2 is 2.00 bits per heavy atom. The number of anilines is 1. The maximum atomic E-state index is 13.2. The number of sulfonamides is 1. The number of nitrogens with two attached hydrogens (primary N) is 1. The number of hydrogen-bond donors (Lipinski definition) is 2. The predicted octanol–water partition coefficient (Wildman–Crippen LogP) is 3.47. The van der Waals surface area contributed by atoms with Gasteiger partial charge in [-0.05, 0) is 55.4 Å². The minimum atomic E-state index is -3.78.